The smallest absolute Gasteiger partial charge is 0.336 e. The molecule has 306 valence electrons. The molecule has 18 heteroatoms. The van der Waals surface area contributed by atoms with E-state index in [0.717, 1.165) is 11.2 Å². The molecule has 4 aromatic rings. The molecule has 3 aromatic carbocycles. The first kappa shape index (κ1) is 40.0. The van der Waals surface area contributed by atoms with Gasteiger partial charge in [-0.15, -0.1) is 0 Å². The van der Waals surface area contributed by atoms with Gasteiger partial charge in [0.15, 0.2) is 27.2 Å². The first-order valence-electron chi connectivity index (χ1n) is 18.8. The minimum atomic E-state index is -1.17. The average molecular weight is 847 g/mol. The highest BCUT2D eigenvalue weighted by Gasteiger charge is 2.34. The molecule has 0 saturated carbocycles. The Hall–Kier alpha value is -6.76. The van der Waals surface area contributed by atoms with Crippen molar-refractivity contribution in [1.29, 1.82) is 5.41 Å². The van der Waals surface area contributed by atoms with E-state index in [1.54, 1.807) is 30.5 Å². The highest BCUT2D eigenvalue weighted by molar-refractivity contribution is 8.14. The van der Waals surface area contributed by atoms with E-state index in [1.165, 1.54) is 48.4 Å². The molecule has 0 radical (unpaired) electrons. The van der Waals surface area contributed by atoms with Gasteiger partial charge < -0.3 is 49.4 Å². The number of carboxylic acid groups (broad SMARTS) is 1. The van der Waals surface area contributed by atoms with Gasteiger partial charge >= 0.3 is 5.97 Å². The van der Waals surface area contributed by atoms with E-state index in [-0.39, 0.29) is 41.9 Å². The summed E-state index contributed by atoms with van der Waals surface area (Å²) in [7, 11) is 0. The van der Waals surface area contributed by atoms with Crippen LogP contribution >= 0.6 is 24.0 Å². The number of thiocarbonyl (C=S) groups is 1. The van der Waals surface area contributed by atoms with E-state index in [4.69, 9.17) is 46.7 Å². The SMILES string of the molecule is CC(C)N(CCCN1C(Sc2cc3c(cc2-c2ncco2)OCO3)=NC(CN)C1=NC=N)C(=S)Nc1ccc(-c2c3ccc(=O)cc-3oc3cc(O)ccc23)c(C(=O)O)c1. The van der Waals surface area contributed by atoms with E-state index in [0.29, 0.717) is 91.9 Å². The van der Waals surface area contributed by atoms with Crippen molar-refractivity contribution in [3.05, 3.63) is 95.0 Å². The Morgan fingerprint density at radius 1 is 1.12 bits per heavy atom. The monoisotopic (exact) mass is 846 g/mol. The van der Waals surface area contributed by atoms with Crippen molar-refractivity contribution in [1.82, 2.24) is 14.8 Å². The van der Waals surface area contributed by atoms with E-state index in [2.05, 4.69) is 15.3 Å². The fourth-order valence-electron chi connectivity index (χ4n) is 7.19. The Kier molecular flexibility index (Phi) is 11.2. The van der Waals surface area contributed by atoms with Crippen molar-refractivity contribution in [2.75, 3.05) is 31.7 Å². The number of amidine groups is 2. The number of carboxylic acids is 1. The lowest BCUT2D eigenvalue weighted by Crippen LogP contribution is -2.43. The second-order valence-corrected chi connectivity index (χ2v) is 15.4. The van der Waals surface area contributed by atoms with Gasteiger partial charge in [-0.1, -0.05) is 17.8 Å². The number of aromatic carboxylic acids is 1. The Labute approximate surface area is 352 Å². The van der Waals surface area contributed by atoms with Crippen molar-refractivity contribution in [3.63, 3.8) is 0 Å². The number of nitrogens with one attached hydrogen (secondary N) is 2. The fraction of sp³-hybridized carbons (Fsp3) is 0.214. The molecule has 0 bridgehead atoms. The number of aromatic nitrogens is 1. The van der Waals surface area contributed by atoms with Gasteiger partial charge in [0.2, 0.25) is 12.7 Å². The summed E-state index contributed by atoms with van der Waals surface area (Å²) in [6.45, 7) is 5.25. The zero-order chi connectivity index (χ0) is 42.1. The molecule has 1 unspecified atom stereocenters. The van der Waals surface area contributed by atoms with E-state index < -0.39 is 12.0 Å². The summed E-state index contributed by atoms with van der Waals surface area (Å²) in [6, 6.07) is 17.0. The Bertz CT molecular complexity index is 2730. The minimum absolute atomic E-state index is 0.00811. The second kappa shape index (κ2) is 16.8. The lowest BCUT2D eigenvalue weighted by Gasteiger charge is -2.31. The summed E-state index contributed by atoms with van der Waals surface area (Å²) in [4.78, 5) is 43.5. The second-order valence-electron chi connectivity index (χ2n) is 14.0. The number of hydrogen-bond acceptors (Lipinski definition) is 13. The third kappa shape index (κ3) is 7.86. The summed E-state index contributed by atoms with van der Waals surface area (Å²) < 4.78 is 22.9. The van der Waals surface area contributed by atoms with Crippen molar-refractivity contribution in [2.24, 2.45) is 15.7 Å². The molecule has 60 heavy (non-hydrogen) atoms. The van der Waals surface area contributed by atoms with Gasteiger partial charge in [-0.3, -0.25) is 10.2 Å². The molecule has 0 fully saturated rings. The van der Waals surface area contributed by atoms with Gasteiger partial charge in [0.1, 0.15) is 41.6 Å². The number of phenolic OH excluding ortho intramolecular Hbond substituents is 1. The number of hydrogen-bond donors (Lipinski definition) is 5. The van der Waals surface area contributed by atoms with Gasteiger partial charge in [-0.2, -0.15) is 0 Å². The maximum atomic E-state index is 12.9. The fourth-order valence-corrected chi connectivity index (χ4v) is 8.71. The first-order valence-corrected chi connectivity index (χ1v) is 20.0. The number of aromatic hydroxyl groups is 1. The molecular formula is C42H38N8O8S2. The van der Waals surface area contributed by atoms with Crippen LogP contribution in [0.4, 0.5) is 5.69 Å². The van der Waals surface area contributed by atoms with Crippen molar-refractivity contribution in [3.8, 4) is 51.2 Å². The predicted molar refractivity (Wildman–Crippen MR) is 233 cm³/mol. The van der Waals surface area contributed by atoms with Gasteiger partial charge in [-0.25, -0.2) is 19.8 Å². The molecule has 3 aliphatic heterocycles. The number of phenols is 1. The van der Waals surface area contributed by atoms with E-state index in [9.17, 15) is 19.8 Å². The molecule has 0 amide bonds. The van der Waals surface area contributed by atoms with Crippen LogP contribution in [0.25, 0.3) is 44.9 Å². The zero-order valence-electron chi connectivity index (χ0n) is 32.2. The molecule has 1 atom stereocenters. The first-order chi connectivity index (χ1) is 29.0. The summed E-state index contributed by atoms with van der Waals surface area (Å²) in [5, 5.41) is 33.3. The van der Waals surface area contributed by atoms with Crippen LogP contribution in [0.3, 0.4) is 0 Å². The number of nitrogens with two attached hydrogens (primary N) is 1. The molecule has 1 aliphatic carbocycles. The van der Waals surface area contributed by atoms with Crippen molar-refractivity contribution in [2.45, 2.75) is 37.2 Å². The molecule has 6 N–H and O–H groups in total. The van der Waals surface area contributed by atoms with Gasteiger partial charge in [0.25, 0.3) is 0 Å². The van der Waals surface area contributed by atoms with Crippen LogP contribution in [-0.2, 0) is 0 Å². The normalized spacial score (nSPS) is 15.3. The Morgan fingerprint density at radius 3 is 2.65 bits per heavy atom. The van der Waals surface area contributed by atoms with Crippen LogP contribution in [0.1, 0.15) is 30.6 Å². The van der Waals surface area contributed by atoms with Crippen molar-refractivity contribution >= 4 is 69.1 Å². The van der Waals surface area contributed by atoms with E-state index >= 15 is 0 Å². The maximum Gasteiger partial charge on any atom is 0.336 e. The molecule has 0 saturated heterocycles. The van der Waals surface area contributed by atoms with Crippen molar-refractivity contribution < 1.29 is 33.3 Å². The molecular weight excluding hydrogens is 809 g/mol. The number of thioether (sulfide) groups is 1. The number of ether oxygens (including phenoxy) is 2. The molecule has 4 aliphatic rings. The summed E-state index contributed by atoms with van der Waals surface area (Å²) >= 11 is 7.30. The maximum absolute atomic E-state index is 12.9. The van der Waals surface area contributed by atoms with Gasteiger partial charge in [-0.05, 0) is 86.6 Å². The van der Waals surface area contributed by atoms with Gasteiger partial charge in [0.05, 0.1) is 17.3 Å². The molecule has 4 heterocycles. The highest BCUT2D eigenvalue weighted by atomic mass is 32.2. The number of aliphatic imine (C=N–C) groups is 2. The van der Waals surface area contributed by atoms with Crippen LogP contribution in [0, 0.1) is 5.41 Å². The van der Waals surface area contributed by atoms with Crippen LogP contribution in [0.15, 0.2) is 108 Å². The van der Waals surface area contributed by atoms with Crippen LogP contribution in [0.5, 0.6) is 17.2 Å². The lowest BCUT2D eigenvalue weighted by molar-refractivity contribution is 0.0697. The van der Waals surface area contributed by atoms with Crippen LogP contribution in [-0.4, -0.2) is 91.9 Å². The Morgan fingerprint density at radius 2 is 1.92 bits per heavy atom. The molecule has 16 nitrogen and oxygen atoms in total. The summed E-state index contributed by atoms with van der Waals surface area (Å²) in [5.41, 5.74) is 8.80. The molecule has 0 spiro atoms. The largest absolute Gasteiger partial charge is 0.508 e. The topological polar surface area (TPSA) is 225 Å². The number of fused-ring (bicyclic) bond motifs is 3. The lowest BCUT2D eigenvalue weighted by atomic mass is 9.90. The quantitative estimate of drug-likeness (QED) is 0.0364. The standard InChI is InChI=1S/C42H38N8O8S2/c1-22(2)49(11-3-12-50-38(46-20-44)31(19-43)48-42(50)60-36-18-35-34(56-21-57-35)17-30(36)39-45-10-13-55-39)41(59)47-23-4-7-26(29(14-23)40(53)54)37-27-8-5-24(51)15-32(27)58-33-16-25(52)6-9-28(33)37/h4-10,13-18,20,22,31,44,51H,3,11-12,19,21,43H2,1-2H3,(H,47,59)(H,53,54). The van der Waals surface area contributed by atoms with Crippen LogP contribution in [0.2, 0.25) is 0 Å². The number of benzene rings is 4. The number of nitrogens with zero attached hydrogens (tertiary/aromatic N) is 5. The molecule has 1 aromatic heterocycles. The number of oxazole rings is 1. The van der Waals surface area contributed by atoms with Gasteiger partial charge in [0, 0.05) is 64.9 Å². The average Bonchev–Trinajstić information content (AvgIpc) is 3.99. The Balaban J connectivity index is 1.03. The molecule has 8 rings (SSSR count). The predicted octanol–water partition coefficient (Wildman–Crippen LogP) is 6.95. The zero-order valence-corrected chi connectivity index (χ0v) is 33.9. The third-order valence-electron chi connectivity index (χ3n) is 9.94. The highest BCUT2D eigenvalue weighted by Crippen LogP contribution is 2.44. The third-order valence-corrected chi connectivity index (χ3v) is 11.3. The summed E-state index contributed by atoms with van der Waals surface area (Å²) in [6.07, 6.45) is 4.63. The number of rotatable bonds is 12. The number of carbonyl (C=O) groups is 1. The number of anilines is 1. The van der Waals surface area contributed by atoms with E-state index in [1.807, 2.05) is 35.8 Å². The summed E-state index contributed by atoms with van der Waals surface area (Å²) in [5.74, 6) is 1.15. The minimum Gasteiger partial charge on any atom is -0.508 e. The van der Waals surface area contributed by atoms with Crippen LogP contribution < -0.4 is 26.0 Å².